The molecule has 0 radical (unpaired) electrons. The van der Waals surface area contributed by atoms with Crippen LogP contribution in [0.15, 0.2) is 24.3 Å². The van der Waals surface area contributed by atoms with E-state index in [2.05, 4.69) is 27.5 Å². The maximum absolute atomic E-state index is 5.31. The number of nitrogens with two attached hydrogens (primary N) is 1. The highest BCUT2D eigenvalue weighted by molar-refractivity contribution is 5.75. The Bertz CT molecular complexity index is 529. The van der Waals surface area contributed by atoms with Crippen LogP contribution in [0.1, 0.15) is 5.82 Å². The second-order valence-electron chi connectivity index (χ2n) is 3.31. The predicted octanol–water partition coefficient (Wildman–Crippen LogP) is 1.08. The Kier molecular flexibility index (Phi) is 2.70. The molecule has 0 saturated heterocycles. The number of hydrogen-bond acceptors (Lipinski definition) is 2. The van der Waals surface area contributed by atoms with Crippen molar-refractivity contribution >= 4 is 11.0 Å². The van der Waals surface area contributed by atoms with Crippen LogP contribution in [0.25, 0.3) is 11.0 Å². The Morgan fingerprint density at radius 2 is 2.13 bits per heavy atom. The van der Waals surface area contributed by atoms with Crippen molar-refractivity contribution in [3.05, 3.63) is 30.1 Å². The van der Waals surface area contributed by atoms with E-state index in [1.807, 2.05) is 25.2 Å². The molecule has 76 valence electrons. The van der Waals surface area contributed by atoms with Crippen LogP contribution >= 0.6 is 0 Å². The van der Waals surface area contributed by atoms with Crippen LogP contribution in [-0.4, -0.2) is 16.1 Å². The third-order valence-electron chi connectivity index (χ3n) is 2.35. The van der Waals surface area contributed by atoms with E-state index >= 15 is 0 Å². The van der Waals surface area contributed by atoms with Gasteiger partial charge in [-0.1, -0.05) is 24.0 Å². The van der Waals surface area contributed by atoms with Gasteiger partial charge in [-0.05, 0) is 12.1 Å². The molecule has 3 nitrogen and oxygen atoms in total. The summed E-state index contributed by atoms with van der Waals surface area (Å²) in [4.78, 5) is 4.50. The molecule has 0 amide bonds. The molecule has 3 heteroatoms. The van der Waals surface area contributed by atoms with Gasteiger partial charge in [0, 0.05) is 7.05 Å². The summed E-state index contributed by atoms with van der Waals surface area (Å²) in [7, 11) is 2.01. The van der Waals surface area contributed by atoms with Crippen molar-refractivity contribution in [2.24, 2.45) is 12.8 Å². The van der Waals surface area contributed by atoms with E-state index in [9.17, 15) is 0 Å². The largest absolute Gasteiger partial charge is 0.330 e. The zero-order valence-electron chi connectivity index (χ0n) is 8.70. The Hall–Kier alpha value is -1.79. The standard InChI is InChI=1S/C12H13N3/c1-15-11-7-3-2-6-10(11)14-12(15)8-4-5-9-13/h2-3,6-7H,8-9,13H2,1H3. The molecule has 0 aliphatic rings. The lowest BCUT2D eigenvalue weighted by Crippen LogP contribution is -1.97. The van der Waals surface area contributed by atoms with Gasteiger partial charge in [-0.3, -0.25) is 0 Å². The van der Waals surface area contributed by atoms with E-state index in [1.165, 1.54) is 0 Å². The molecular weight excluding hydrogens is 186 g/mol. The number of benzene rings is 1. The number of imidazole rings is 1. The van der Waals surface area contributed by atoms with Gasteiger partial charge in [0.1, 0.15) is 5.82 Å². The molecule has 0 atom stereocenters. The lowest BCUT2D eigenvalue weighted by atomic mass is 10.3. The van der Waals surface area contributed by atoms with Gasteiger partial charge in [-0.15, -0.1) is 0 Å². The average Bonchev–Trinajstić information content (AvgIpc) is 2.57. The molecule has 2 rings (SSSR count). The summed E-state index contributed by atoms with van der Waals surface area (Å²) in [5.74, 6) is 6.82. The summed E-state index contributed by atoms with van der Waals surface area (Å²) in [6.45, 7) is 0.407. The van der Waals surface area contributed by atoms with Gasteiger partial charge in [0.25, 0.3) is 0 Å². The fraction of sp³-hybridized carbons (Fsp3) is 0.250. The van der Waals surface area contributed by atoms with Crippen molar-refractivity contribution in [2.45, 2.75) is 6.42 Å². The first-order valence-corrected chi connectivity index (χ1v) is 4.89. The minimum Gasteiger partial charge on any atom is -0.330 e. The molecule has 15 heavy (non-hydrogen) atoms. The van der Waals surface area contributed by atoms with Crippen molar-refractivity contribution in [2.75, 3.05) is 6.54 Å². The molecule has 0 aliphatic heterocycles. The maximum Gasteiger partial charge on any atom is 0.121 e. The lowest BCUT2D eigenvalue weighted by molar-refractivity contribution is 0.860. The van der Waals surface area contributed by atoms with Crippen LogP contribution in [-0.2, 0) is 13.5 Å². The minimum atomic E-state index is 0.407. The van der Waals surface area contributed by atoms with E-state index < -0.39 is 0 Å². The second-order valence-corrected chi connectivity index (χ2v) is 3.31. The summed E-state index contributed by atoms with van der Waals surface area (Å²) in [6.07, 6.45) is 0.655. The van der Waals surface area contributed by atoms with E-state index in [4.69, 9.17) is 5.73 Å². The smallest absolute Gasteiger partial charge is 0.121 e. The molecular formula is C12H13N3. The molecule has 0 saturated carbocycles. The summed E-state index contributed by atoms with van der Waals surface area (Å²) < 4.78 is 2.07. The topological polar surface area (TPSA) is 43.8 Å². The van der Waals surface area contributed by atoms with Crippen LogP contribution in [0, 0.1) is 11.8 Å². The quantitative estimate of drug-likeness (QED) is 0.698. The molecule has 1 heterocycles. The van der Waals surface area contributed by atoms with Gasteiger partial charge in [0.2, 0.25) is 0 Å². The number of aromatic nitrogens is 2. The van der Waals surface area contributed by atoms with Crippen molar-refractivity contribution in [1.29, 1.82) is 0 Å². The van der Waals surface area contributed by atoms with Gasteiger partial charge >= 0.3 is 0 Å². The molecule has 1 aromatic carbocycles. The number of para-hydroxylation sites is 2. The highest BCUT2D eigenvalue weighted by Crippen LogP contribution is 2.13. The van der Waals surface area contributed by atoms with Gasteiger partial charge in [0.15, 0.2) is 0 Å². The van der Waals surface area contributed by atoms with Crippen LogP contribution in [0.2, 0.25) is 0 Å². The summed E-state index contributed by atoms with van der Waals surface area (Å²) in [5, 5.41) is 0. The van der Waals surface area contributed by atoms with Crippen molar-refractivity contribution in [3.63, 3.8) is 0 Å². The zero-order chi connectivity index (χ0) is 10.7. The van der Waals surface area contributed by atoms with Crippen LogP contribution in [0.4, 0.5) is 0 Å². The monoisotopic (exact) mass is 199 g/mol. The molecule has 2 N–H and O–H groups in total. The van der Waals surface area contributed by atoms with Crippen molar-refractivity contribution in [3.8, 4) is 11.8 Å². The van der Waals surface area contributed by atoms with Crippen molar-refractivity contribution < 1.29 is 0 Å². The first-order chi connectivity index (χ1) is 7.33. The SMILES string of the molecule is Cn1c(CC#CCN)nc2ccccc21. The number of nitrogens with zero attached hydrogens (tertiary/aromatic N) is 2. The number of fused-ring (bicyclic) bond motifs is 1. The lowest BCUT2D eigenvalue weighted by Gasteiger charge is -1.96. The van der Waals surface area contributed by atoms with Gasteiger partial charge in [0.05, 0.1) is 24.0 Å². The molecule has 0 unspecified atom stereocenters. The minimum absolute atomic E-state index is 0.407. The Morgan fingerprint density at radius 3 is 2.87 bits per heavy atom. The average molecular weight is 199 g/mol. The highest BCUT2D eigenvalue weighted by atomic mass is 15.1. The fourth-order valence-corrected chi connectivity index (χ4v) is 1.57. The number of rotatable bonds is 1. The Labute approximate surface area is 88.9 Å². The van der Waals surface area contributed by atoms with E-state index in [0.29, 0.717) is 13.0 Å². The van der Waals surface area contributed by atoms with Crippen LogP contribution in [0.3, 0.4) is 0 Å². The van der Waals surface area contributed by atoms with Gasteiger partial charge < -0.3 is 10.3 Å². The van der Waals surface area contributed by atoms with Gasteiger partial charge in [-0.25, -0.2) is 4.98 Å². The third-order valence-corrected chi connectivity index (χ3v) is 2.35. The Balaban J connectivity index is 2.40. The summed E-state index contributed by atoms with van der Waals surface area (Å²) >= 11 is 0. The molecule has 0 spiro atoms. The van der Waals surface area contributed by atoms with E-state index in [-0.39, 0.29) is 0 Å². The third kappa shape index (κ3) is 1.85. The van der Waals surface area contributed by atoms with Crippen LogP contribution in [0.5, 0.6) is 0 Å². The maximum atomic E-state index is 5.31. The van der Waals surface area contributed by atoms with E-state index in [0.717, 1.165) is 16.9 Å². The van der Waals surface area contributed by atoms with E-state index in [1.54, 1.807) is 0 Å². The first-order valence-electron chi connectivity index (χ1n) is 4.89. The summed E-state index contributed by atoms with van der Waals surface area (Å²) in [6, 6.07) is 8.07. The summed E-state index contributed by atoms with van der Waals surface area (Å²) in [5.41, 5.74) is 7.46. The second kappa shape index (κ2) is 4.16. The molecule has 0 aliphatic carbocycles. The Morgan fingerprint density at radius 1 is 1.33 bits per heavy atom. The molecule has 0 fully saturated rings. The molecule has 2 aromatic rings. The van der Waals surface area contributed by atoms with Crippen molar-refractivity contribution in [1.82, 2.24) is 9.55 Å². The number of aryl methyl sites for hydroxylation is 1. The fourth-order valence-electron chi connectivity index (χ4n) is 1.57. The van der Waals surface area contributed by atoms with Crippen LogP contribution < -0.4 is 5.73 Å². The normalized spacial score (nSPS) is 10.0. The predicted molar refractivity (Wildman–Crippen MR) is 61.2 cm³/mol. The molecule has 0 bridgehead atoms. The van der Waals surface area contributed by atoms with Gasteiger partial charge in [-0.2, -0.15) is 0 Å². The molecule has 1 aromatic heterocycles. The first kappa shape index (κ1) is 9.75. The number of hydrogen-bond donors (Lipinski definition) is 1. The highest BCUT2D eigenvalue weighted by Gasteiger charge is 2.04. The zero-order valence-corrected chi connectivity index (χ0v) is 8.70.